The molecule has 0 saturated heterocycles. The maximum absolute atomic E-state index is 4.63. The third-order valence-electron chi connectivity index (χ3n) is 3.79. The summed E-state index contributed by atoms with van der Waals surface area (Å²) < 4.78 is 0. The molecule has 112 valence electrons. The Hall–Kier alpha value is -0.970. The van der Waals surface area contributed by atoms with Gasteiger partial charge in [-0.2, -0.15) is 11.8 Å². The molecule has 5 heteroatoms. The fourth-order valence-electron chi connectivity index (χ4n) is 2.73. The van der Waals surface area contributed by atoms with Crippen LogP contribution in [0.5, 0.6) is 0 Å². The lowest BCUT2D eigenvalue weighted by Gasteiger charge is -2.31. The van der Waals surface area contributed by atoms with Crippen molar-refractivity contribution >= 4 is 23.4 Å². The van der Waals surface area contributed by atoms with Crippen LogP contribution in [0.4, 0.5) is 11.6 Å². The fourth-order valence-corrected chi connectivity index (χ4v) is 3.67. The Morgan fingerprint density at radius 1 is 1.20 bits per heavy atom. The second-order valence-electron chi connectivity index (χ2n) is 5.25. The third kappa shape index (κ3) is 4.01. The molecule has 1 fully saturated rings. The van der Waals surface area contributed by atoms with E-state index in [-0.39, 0.29) is 0 Å². The first-order valence-corrected chi connectivity index (χ1v) is 8.96. The smallest absolute Gasteiger partial charge is 0.132 e. The Morgan fingerprint density at radius 2 is 1.95 bits per heavy atom. The molecule has 0 spiro atoms. The standard InChI is InChI=1S/C15H26N4S/c1-4-13-18-14(16-5-2)10-15(19-13)17-11-8-6-7-9-12(11)20-3/h10-12H,4-9H2,1-3H3,(H2,16,17,18,19). The van der Waals surface area contributed by atoms with Crippen LogP contribution in [0.3, 0.4) is 0 Å². The van der Waals surface area contributed by atoms with E-state index < -0.39 is 0 Å². The van der Waals surface area contributed by atoms with E-state index in [2.05, 4.69) is 40.7 Å². The first kappa shape index (κ1) is 15.4. The summed E-state index contributed by atoms with van der Waals surface area (Å²) >= 11 is 1.98. The molecule has 0 bridgehead atoms. The van der Waals surface area contributed by atoms with E-state index in [9.17, 15) is 0 Å². The number of hydrogen-bond donors (Lipinski definition) is 2. The number of nitrogens with one attached hydrogen (secondary N) is 2. The maximum Gasteiger partial charge on any atom is 0.132 e. The Balaban J connectivity index is 2.12. The van der Waals surface area contributed by atoms with Crippen molar-refractivity contribution in [2.75, 3.05) is 23.4 Å². The zero-order chi connectivity index (χ0) is 14.4. The van der Waals surface area contributed by atoms with Crippen LogP contribution in [0.2, 0.25) is 0 Å². The number of rotatable bonds is 6. The van der Waals surface area contributed by atoms with Gasteiger partial charge >= 0.3 is 0 Å². The van der Waals surface area contributed by atoms with E-state index in [4.69, 9.17) is 0 Å². The van der Waals surface area contributed by atoms with Crippen molar-refractivity contribution in [1.29, 1.82) is 0 Å². The summed E-state index contributed by atoms with van der Waals surface area (Å²) in [6.45, 7) is 5.07. The minimum absolute atomic E-state index is 0.535. The van der Waals surface area contributed by atoms with E-state index in [1.54, 1.807) is 0 Å². The summed E-state index contributed by atoms with van der Waals surface area (Å²) in [7, 11) is 0. The van der Waals surface area contributed by atoms with Gasteiger partial charge in [-0.25, -0.2) is 9.97 Å². The van der Waals surface area contributed by atoms with Gasteiger partial charge in [0.2, 0.25) is 0 Å². The predicted molar refractivity (Wildman–Crippen MR) is 88.8 cm³/mol. The van der Waals surface area contributed by atoms with Crippen molar-refractivity contribution in [3.8, 4) is 0 Å². The molecule has 1 aliphatic rings. The number of nitrogens with zero attached hydrogens (tertiary/aromatic N) is 2. The molecule has 2 atom stereocenters. The summed E-state index contributed by atoms with van der Waals surface area (Å²) in [6, 6.07) is 2.57. The van der Waals surface area contributed by atoms with Crippen LogP contribution in [-0.2, 0) is 6.42 Å². The van der Waals surface area contributed by atoms with Gasteiger partial charge in [0, 0.05) is 30.3 Å². The van der Waals surface area contributed by atoms with Crippen molar-refractivity contribution < 1.29 is 0 Å². The lowest BCUT2D eigenvalue weighted by Crippen LogP contribution is -2.34. The molecule has 0 amide bonds. The third-order valence-corrected chi connectivity index (χ3v) is 4.95. The van der Waals surface area contributed by atoms with Gasteiger partial charge in [-0.3, -0.25) is 0 Å². The quantitative estimate of drug-likeness (QED) is 0.840. The van der Waals surface area contributed by atoms with Gasteiger partial charge in [0.15, 0.2) is 0 Å². The summed E-state index contributed by atoms with van der Waals surface area (Å²) in [5, 5.41) is 7.63. The average Bonchev–Trinajstić information content (AvgIpc) is 2.48. The monoisotopic (exact) mass is 294 g/mol. The summed E-state index contributed by atoms with van der Waals surface area (Å²) in [4.78, 5) is 9.13. The second-order valence-corrected chi connectivity index (χ2v) is 6.32. The first-order valence-electron chi connectivity index (χ1n) is 7.68. The molecular formula is C15H26N4S. The molecule has 2 N–H and O–H groups in total. The number of hydrogen-bond acceptors (Lipinski definition) is 5. The number of aromatic nitrogens is 2. The highest BCUT2D eigenvalue weighted by Gasteiger charge is 2.24. The van der Waals surface area contributed by atoms with Gasteiger partial charge in [0.1, 0.15) is 17.5 Å². The molecule has 1 aromatic heterocycles. The normalized spacial score (nSPS) is 22.6. The molecule has 2 rings (SSSR count). The van der Waals surface area contributed by atoms with Crippen molar-refractivity contribution in [3.05, 3.63) is 11.9 Å². The molecule has 1 heterocycles. The molecule has 0 aliphatic heterocycles. The highest BCUT2D eigenvalue weighted by Crippen LogP contribution is 2.29. The number of aryl methyl sites for hydroxylation is 1. The van der Waals surface area contributed by atoms with E-state index in [0.717, 1.165) is 30.4 Å². The van der Waals surface area contributed by atoms with Crippen LogP contribution in [0.1, 0.15) is 45.4 Å². The Morgan fingerprint density at radius 3 is 2.65 bits per heavy atom. The number of thioether (sulfide) groups is 1. The Bertz CT molecular complexity index is 424. The van der Waals surface area contributed by atoms with Crippen LogP contribution < -0.4 is 10.6 Å². The second kappa shape index (κ2) is 7.72. The summed E-state index contributed by atoms with van der Waals surface area (Å²) in [5.74, 6) is 2.81. The van der Waals surface area contributed by atoms with E-state index in [0.29, 0.717) is 11.3 Å². The highest BCUT2D eigenvalue weighted by atomic mass is 32.2. The highest BCUT2D eigenvalue weighted by molar-refractivity contribution is 7.99. The molecule has 1 aliphatic carbocycles. The maximum atomic E-state index is 4.63. The molecule has 1 aromatic rings. The minimum Gasteiger partial charge on any atom is -0.370 e. The van der Waals surface area contributed by atoms with Crippen LogP contribution >= 0.6 is 11.8 Å². The van der Waals surface area contributed by atoms with Gasteiger partial charge in [0.05, 0.1) is 0 Å². The van der Waals surface area contributed by atoms with E-state index in [1.807, 2.05) is 17.8 Å². The largest absolute Gasteiger partial charge is 0.370 e. The molecule has 20 heavy (non-hydrogen) atoms. The SMILES string of the molecule is CCNc1cc(NC2CCCCC2SC)nc(CC)n1. The zero-order valence-electron chi connectivity index (χ0n) is 12.8. The Kier molecular flexibility index (Phi) is 5.95. The molecule has 0 aromatic carbocycles. The van der Waals surface area contributed by atoms with Crippen molar-refractivity contribution in [1.82, 2.24) is 9.97 Å². The van der Waals surface area contributed by atoms with Crippen molar-refractivity contribution in [3.63, 3.8) is 0 Å². The van der Waals surface area contributed by atoms with Crippen molar-refractivity contribution in [2.45, 2.75) is 57.2 Å². The summed E-state index contributed by atoms with van der Waals surface area (Å²) in [6.07, 6.45) is 8.31. The lowest BCUT2D eigenvalue weighted by atomic mass is 9.95. The zero-order valence-corrected chi connectivity index (χ0v) is 13.6. The fraction of sp³-hybridized carbons (Fsp3) is 0.733. The molecule has 2 unspecified atom stereocenters. The topological polar surface area (TPSA) is 49.8 Å². The van der Waals surface area contributed by atoms with Gasteiger partial charge in [-0.05, 0) is 26.0 Å². The average molecular weight is 294 g/mol. The lowest BCUT2D eigenvalue weighted by molar-refractivity contribution is 0.474. The van der Waals surface area contributed by atoms with Crippen molar-refractivity contribution in [2.24, 2.45) is 0 Å². The van der Waals surface area contributed by atoms with E-state index >= 15 is 0 Å². The molecule has 4 nitrogen and oxygen atoms in total. The Labute approximate surface area is 126 Å². The molecular weight excluding hydrogens is 268 g/mol. The van der Waals surface area contributed by atoms with Gasteiger partial charge in [-0.1, -0.05) is 19.8 Å². The van der Waals surface area contributed by atoms with Crippen LogP contribution in [0.25, 0.3) is 0 Å². The first-order chi connectivity index (χ1) is 9.76. The molecule has 0 radical (unpaired) electrons. The van der Waals surface area contributed by atoms with Gasteiger partial charge in [0.25, 0.3) is 0 Å². The van der Waals surface area contributed by atoms with Gasteiger partial charge in [-0.15, -0.1) is 0 Å². The number of anilines is 2. The predicted octanol–water partition coefficient (Wildman–Crippen LogP) is 3.56. The van der Waals surface area contributed by atoms with Crippen LogP contribution in [0.15, 0.2) is 6.07 Å². The minimum atomic E-state index is 0.535. The summed E-state index contributed by atoms with van der Waals surface area (Å²) in [5.41, 5.74) is 0. The van der Waals surface area contributed by atoms with E-state index in [1.165, 1.54) is 25.7 Å². The van der Waals surface area contributed by atoms with Crippen LogP contribution in [0, 0.1) is 0 Å². The van der Waals surface area contributed by atoms with Gasteiger partial charge < -0.3 is 10.6 Å². The van der Waals surface area contributed by atoms with Crippen LogP contribution in [-0.4, -0.2) is 34.1 Å². The molecule has 1 saturated carbocycles.